The van der Waals surface area contributed by atoms with Gasteiger partial charge in [-0.25, -0.2) is 0 Å². The van der Waals surface area contributed by atoms with Crippen molar-refractivity contribution in [2.45, 2.75) is 11.8 Å². The van der Waals surface area contributed by atoms with Crippen LogP contribution in [-0.2, 0) is 11.2 Å². The summed E-state index contributed by atoms with van der Waals surface area (Å²) in [6.45, 7) is 0. The predicted octanol–water partition coefficient (Wildman–Crippen LogP) is 5.19. The maximum atomic E-state index is 10.7. The van der Waals surface area contributed by atoms with Crippen LogP contribution in [0.1, 0.15) is 5.56 Å². The quantitative estimate of drug-likeness (QED) is 0.460. The molecule has 0 amide bonds. The van der Waals surface area contributed by atoms with Crippen molar-refractivity contribution in [1.82, 2.24) is 0 Å². The third-order valence-corrected chi connectivity index (χ3v) is 4.65. The summed E-state index contributed by atoms with van der Waals surface area (Å²) in [7, 11) is 0. The van der Waals surface area contributed by atoms with Gasteiger partial charge >= 0.3 is 5.97 Å². The van der Waals surface area contributed by atoms with Crippen LogP contribution in [0.2, 0.25) is 25.1 Å². The second kappa shape index (κ2) is 6.05. The lowest BCUT2D eigenvalue weighted by atomic mass is 10.1. The summed E-state index contributed by atoms with van der Waals surface area (Å²) < 4.78 is 0. The van der Waals surface area contributed by atoms with Gasteiger partial charge in [0, 0.05) is 6.42 Å². The number of carboxylic acids is 1. The van der Waals surface area contributed by atoms with Crippen molar-refractivity contribution in [3.8, 4) is 0 Å². The zero-order valence-electron chi connectivity index (χ0n) is 7.91. The van der Waals surface area contributed by atoms with Crippen molar-refractivity contribution in [1.29, 1.82) is 0 Å². The van der Waals surface area contributed by atoms with E-state index >= 15 is 0 Å². The number of benzene rings is 1. The van der Waals surface area contributed by atoms with Crippen molar-refractivity contribution < 1.29 is 9.90 Å². The molecule has 0 saturated heterocycles. The lowest BCUT2D eigenvalue weighted by molar-refractivity contribution is -0.136. The molecule has 1 N–H and O–H groups in total. The molecule has 1 rings (SSSR count). The number of rotatable bonds is 3. The summed E-state index contributed by atoms with van der Waals surface area (Å²) >= 11 is 34.9. The van der Waals surface area contributed by atoms with E-state index in [0.29, 0.717) is 0 Å². The van der Waals surface area contributed by atoms with Crippen LogP contribution in [0.15, 0.2) is 0 Å². The normalized spacial score (nSPS) is 12.6. The third-order valence-electron chi connectivity index (χ3n) is 1.95. The number of hydrogen-bond acceptors (Lipinski definition) is 1. The Morgan fingerprint density at radius 1 is 0.941 bits per heavy atom. The van der Waals surface area contributed by atoms with Crippen LogP contribution in [-0.4, -0.2) is 16.5 Å². The molecule has 1 aromatic rings. The van der Waals surface area contributed by atoms with Gasteiger partial charge in [0.25, 0.3) is 0 Å². The molecule has 2 nitrogen and oxygen atoms in total. The number of carboxylic acid groups (broad SMARTS) is 1. The topological polar surface area (TPSA) is 37.3 Å². The smallest absolute Gasteiger partial charge is 0.321 e. The Morgan fingerprint density at radius 2 is 1.29 bits per heavy atom. The summed E-state index contributed by atoms with van der Waals surface area (Å²) in [5.41, 5.74) is 0.259. The van der Waals surface area contributed by atoms with E-state index < -0.39 is 11.3 Å². The summed E-state index contributed by atoms with van der Waals surface area (Å²) in [6.07, 6.45) is -0.106. The molecule has 94 valence electrons. The lowest BCUT2D eigenvalue weighted by Crippen LogP contribution is -2.16. The molecule has 0 aliphatic rings. The summed E-state index contributed by atoms with van der Waals surface area (Å²) in [6, 6.07) is 0. The fraction of sp³-hybridized carbons (Fsp3) is 0.222. The molecule has 0 spiro atoms. The molecule has 0 heterocycles. The van der Waals surface area contributed by atoms with E-state index in [2.05, 4.69) is 0 Å². The molecule has 0 fully saturated rings. The molecule has 1 aromatic carbocycles. The van der Waals surface area contributed by atoms with Crippen molar-refractivity contribution in [3.05, 3.63) is 30.7 Å². The molecule has 0 aliphatic heterocycles. The Labute approximate surface area is 127 Å². The van der Waals surface area contributed by atoms with Crippen LogP contribution in [0.4, 0.5) is 0 Å². The van der Waals surface area contributed by atoms with Gasteiger partial charge < -0.3 is 5.11 Å². The van der Waals surface area contributed by atoms with Gasteiger partial charge in [0.05, 0.1) is 25.1 Å². The SMILES string of the molecule is O=C(O)C(Cl)Cc1c(Cl)c(Cl)c(Cl)c(Cl)c1Cl. The molecular formula is C9H4Cl6O2. The van der Waals surface area contributed by atoms with E-state index in [4.69, 9.17) is 74.7 Å². The Bertz CT molecular complexity index is 444. The highest BCUT2D eigenvalue weighted by Crippen LogP contribution is 2.44. The Morgan fingerprint density at radius 3 is 1.65 bits per heavy atom. The highest BCUT2D eigenvalue weighted by Gasteiger charge is 2.23. The van der Waals surface area contributed by atoms with Gasteiger partial charge in [0.15, 0.2) is 0 Å². The molecule has 0 aromatic heterocycles. The molecular weight excluding hydrogens is 353 g/mol. The first-order valence-electron chi connectivity index (χ1n) is 4.14. The summed E-state index contributed by atoms with van der Waals surface area (Å²) in [5.74, 6) is -1.19. The highest BCUT2D eigenvalue weighted by molar-refractivity contribution is 6.55. The average molecular weight is 357 g/mol. The minimum Gasteiger partial charge on any atom is -0.480 e. The van der Waals surface area contributed by atoms with Gasteiger partial charge in [-0.15, -0.1) is 11.6 Å². The summed E-state index contributed by atoms with van der Waals surface area (Å²) in [4.78, 5) is 10.7. The molecule has 0 bridgehead atoms. The van der Waals surface area contributed by atoms with Gasteiger partial charge in [-0.3, -0.25) is 4.79 Å². The van der Waals surface area contributed by atoms with Crippen LogP contribution in [0.5, 0.6) is 0 Å². The number of carbonyl (C=O) groups is 1. The van der Waals surface area contributed by atoms with Crippen LogP contribution in [0.25, 0.3) is 0 Å². The zero-order chi connectivity index (χ0) is 13.3. The Balaban J connectivity index is 3.30. The van der Waals surface area contributed by atoms with Crippen LogP contribution < -0.4 is 0 Å². The first kappa shape index (κ1) is 15.5. The molecule has 0 radical (unpaired) electrons. The predicted molar refractivity (Wildman–Crippen MR) is 72.5 cm³/mol. The van der Waals surface area contributed by atoms with Crippen molar-refractivity contribution in [2.75, 3.05) is 0 Å². The maximum Gasteiger partial charge on any atom is 0.321 e. The number of hydrogen-bond donors (Lipinski definition) is 1. The second-order valence-electron chi connectivity index (χ2n) is 3.06. The second-order valence-corrected chi connectivity index (χ2v) is 5.48. The first-order chi connectivity index (χ1) is 7.77. The molecule has 0 saturated carbocycles. The molecule has 1 unspecified atom stereocenters. The Hall–Kier alpha value is 0.430. The van der Waals surface area contributed by atoms with Crippen LogP contribution in [0, 0.1) is 0 Å². The van der Waals surface area contributed by atoms with E-state index in [-0.39, 0.29) is 37.1 Å². The molecule has 8 heteroatoms. The number of halogens is 6. The largest absolute Gasteiger partial charge is 0.480 e. The standard InChI is InChI=1S/C9H4Cl6O2/c10-3(9(16)17)1-2-4(11)6(13)8(15)7(14)5(2)12/h3H,1H2,(H,16,17). The van der Waals surface area contributed by atoms with Gasteiger partial charge in [-0.05, 0) is 5.56 Å². The lowest BCUT2D eigenvalue weighted by Gasteiger charge is -2.13. The zero-order valence-corrected chi connectivity index (χ0v) is 12.4. The first-order valence-corrected chi connectivity index (χ1v) is 6.47. The maximum absolute atomic E-state index is 10.7. The fourth-order valence-electron chi connectivity index (χ4n) is 1.10. The van der Waals surface area contributed by atoms with E-state index in [9.17, 15) is 4.79 Å². The van der Waals surface area contributed by atoms with Crippen LogP contribution in [0.3, 0.4) is 0 Å². The summed E-state index contributed by atoms with van der Waals surface area (Å²) in [5, 5.41) is 7.70. The monoisotopic (exact) mass is 354 g/mol. The van der Waals surface area contributed by atoms with Crippen molar-refractivity contribution in [2.24, 2.45) is 0 Å². The van der Waals surface area contributed by atoms with Gasteiger partial charge in [-0.1, -0.05) is 58.0 Å². The van der Waals surface area contributed by atoms with Gasteiger partial charge in [0.2, 0.25) is 0 Å². The number of alkyl halides is 1. The van der Waals surface area contributed by atoms with Crippen LogP contribution >= 0.6 is 69.6 Å². The molecule has 17 heavy (non-hydrogen) atoms. The average Bonchev–Trinajstić information content (AvgIpc) is 2.29. The van der Waals surface area contributed by atoms with Crippen molar-refractivity contribution >= 4 is 75.6 Å². The molecule has 0 aliphatic carbocycles. The van der Waals surface area contributed by atoms with E-state index in [1.54, 1.807) is 0 Å². The third kappa shape index (κ3) is 3.25. The van der Waals surface area contributed by atoms with E-state index in [0.717, 1.165) is 0 Å². The van der Waals surface area contributed by atoms with Crippen molar-refractivity contribution in [3.63, 3.8) is 0 Å². The van der Waals surface area contributed by atoms with Gasteiger partial charge in [-0.2, -0.15) is 0 Å². The van der Waals surface area contributed by atoms with Gasteiger partial charge in [0.1, 0.15) is 5.38 Å². The molecule has 1 atom stereocenters. The fourth-order valence-corrected chi connectivity index (χ4v) is 2.58. The van der Waals surface area contributed by atoms with E-state index in [1.807, 2.05) is 0 Å². The minimum absolute atomic E-state index is 0.0204. The number of aliphatic carboxylic acids is 1. The Kier molecular flexibility index (Phi) is 5.51. The highest BCUT2D eigenvalue weighted by atomic mass is 35.5. The van der Waals surface area contributed by atoms with E-state index in [1.165, 1.54) is 0 Å². The minimum atomic E-state index is -1.19.